The van der Waals surface area contributed by atoms with Crippen molar-refractivity contribution in [2.45, 2.75) is 13.1 Å². The standard InChI is InChI=1S/C12H11BrN2O3/c13-10-4-12-11(16-7-17-12)3-8(10)5-14-6-9-1-2-15-18-9/h1-4,14H,5-7H2. The fourth-order valence-corrected chi connectivity index (χ4v) is 2.21. The van der Waals surface area contributed by atoms with Crippen LogP contribution in [0.2, 0.25) is 0 Å². The molecule has 1 N–H and O–H groups in total. The van der Waals surface area contributed by atoms with Crippen LogP contribution in [-0.4, -0.2) is 11.9 Å². The first-order valence-electron chi connectivity index (χ1n) is 5.51. The van der Waals surface area contributed by atoms with Crippen molar-refractivity contribution in [2.75, 3.05) is 6.79 Å². The number of hydrogen-bond donors (Lipinski definition) is 1. The van der Waals surface area contributed by atoms with E-state index in [0.29, 0.717) is 13.1 Å². The van der Waals surface area contributed by atoms with Gasteiger partial charge in [-0.3, -0.25) is 0 Å². The number of nitrogens with zero attached hydrogens (tertiary/aromatic N) is 1. The van der Waals surface area contributed by atoms with E-state index in [1.54, 1.807) is 6.20 Å². The first kappa shape index (κ1) is 11.6. The molecule has 0 radical (unpaired) electrons. The molecule has 0 bridgehead atoms. The molecule has 0 amide bonds. The summed E-state index contributed by atoms with van der Waals surface area (Å²) in [5.41, 5.74) is 1.11. The van der Waals surface area contributed by atoms with Gasteiger partial charge in [0.2, 0.25) is 6.79 Å². The lowest BCUT2D eigenvalue weighted by atomic mass is 10.2. The molecule has 0 spiro atoms. The molecule has 2 heterocycles. The third kappa shape index (κ3) is 2.34. The fourth-order valence-electron chi connectivity index (χ4n) is 1.75. The lowest BCUT2D eigenvalue weighted by Crippen LogP contribution is -2.12. The Balaban J connectivity index is 1.66. The summed E-state index contributed by atoms with van der Waals surface area (Å²) >= 11 is 3.52. The number of fused-ring (bicyclic) bond motifs is 1. The Kier molecular flexibility index (Phi) is 3.21. The molecular formula is C12H11BrN2O3. The van der Waals surface area contributed by atoms with Crippen LogP contribution in [0.3, 0.4) is 0 Å². The number of halogens is 1. The second kappa shape index (κ2) is 4.99. The first-order chi connectivity index (χ1) is 8.83. The van der Waals surface area contributed by atoms with Gasteiger partial charge in [-0.25, -0.2) is 0 Å². The normalized spacial score (nSPS) is 12.9. The summed E-state index contributed by atoms with van der Waals surface area (Å²) < 4.78 is 16.7. The molecule has 0 atom stereocenters. The van der Waals surface area contributed by atoms with Gasteiger partial charge in [0.1, 0.15) is 5.76 Å². The van der Waals surface area contributed by atoms with Gasteiger partial charge in [0, 0.05) is 17.1 Å². The van der Waals surface area contributed by atoms with Crippen LogP contribution in [0.1, 0.15) is 11.3 Å². The predicted octanol–water partition coefficient (Wildman–Crippen LogP) is 2.46. The molecule has 2 aromatic rings. The Bertz CT molecular complexity index is 543. The number of rotatable bonds is 4. The van der Waals surface area contributed by atoms with Crippen LogP contribution in [0.4, 0.5) is 0 Å². The number of benzene rings is 1. The van der Waals surface area contributed by atoms with Crippen molar-refractivity contribution < 1.29 is 14.0 Å². The van der Waals surface area contributed by atoms with E-state index >= 15 is 0 Å². The molecule has 1 aliphatic rings. The van der Waals surface area contributed by atoms with E-state index in [9.17, 15) is 0 Å². The van der Waals surface area contributed by atoms with Crippen molar-refractivity contribution in [1.82, 2.24) is 10.5 Å². The van der Waals surface area contributed by atoms with Crippen molar-refractivity contribution in [3.05, 3.63) is 40.2 Å². The van der Waals surface area contributed by atoms with Crippen molar-refractivity contribution in [1.29, 1.82) is 0 Å². The van der Waals surface area contributed by atoms with E-state index in [1.807, 2.05) is 18.2 Å². The molecule has 0 aliphatic carbocycles. The summed E-state index contributed by atoms with van der Waals surface area (Å²) in [5.74, 6) is 2.38. The third-order valence-electron chi connectivity index (χ3n) is 2.65. The summed E-state index contributed by atoms with van der Waals surface area (Å²) in [6, 6.07) is 5.73. The molecular weight excluding hydrogens is 300 g/mol. The van der Waals surface area contributed by atoms with Crippen LogP contribution in [0.25, 0.3) is 0 Å². The van der Waals surface area contributed by atoms with Gasteiger partial charge in [-0.2, -0.15) is 0 Å². The Hall–Kier alpha value is -1.53. The maximum atomic E-state index is 5.35. The van der Waals surface area contributed by atoms with E-state index in [2.05, 4.69) is 26.4 Å². The summed E-state index contributed by atoms with van der Waals surface area (Å²) in [7, 11) is 0. The zero-order valence-electron chi connectivity index (χ0n) is 9.48. The molecule has 0 unspecified atom stereocenters. The highest BCUT2D eigenvalue weighted by Gasteiger charge is 2.16. The highest BCUT2D eigenvalue weighted by Crippen LogP contribution is 2.36. The predicted molar refractivity (Wildman–Crippen MR) is 67.3 cm³/mol. The Morgan fingerprint density at radius 2 is 2.06 bits per heavy atom. The van der Waals surface area contributed by atoms with Crippen molar-refractivity contribution in [3.63, 3.8) is 0 Å². The molecule has 0 saturated carbocycles. The minimum Gasteiger partial charge on any atom is -0.454 e. The van der Waals surface area contributed by atoms with Gasteiger partial charge in [-0.15, -0.1) is 0 Å². The second-order valence-corrected chi connectivity index (χ2v) is 4.73. The Morgan fingerprint density at radius 1 is 1.22 bits per heavy atom. The van der Waals surface area contributed by atoms with Crippen LogP contribution in [0.5, 0.6) is 11.5 Å². The van der Waals surface area contributed by atoms with E-state index in [4.69, 9.17) is 14.0 Å². The number of ether oxygens (including phenoxy) is 2. The Morgan fingerprint density at radius 3 is 2.83 bits per heavy atom. The van der Waals surface area contributed by atoms with Gasteiger partial charge >= 0.3 is 0 Å². The largest absolute Gasteiger partial charge is 0.454 e. The third-order valence-corrected chi connectivity index (χ3v) is 3.39. The number of nitrogens with one attached hydrogen (secondary N) is 1. The lowest BCUT2D eigenvalue weighted by molar-refractivity contribution is 0.174. The highest BCUT2D eigenvalue weighted by molar-refractivity contribution is 9.10. The fraction of sp³-hybridized carbons (Fsp3) is 0.250. The molecule has 94 valence electrons. The molecule has 18 heavy (non-hydrogen) atoms. The van der Waals surface area contributed by atoms with Gasteiger partial charge in [0.15, 0.2) is 11.5 Å². The number of hydrogen-bond acceptors (Lipinski definition) is 5. The van der Waals surface area contributed by atoms with Gasteiger partial charge in [-0.05, 0) is 17.7 Å². The molecule has 6 heteroatoms. The summed E-state index contributed by atoms with van der Waals surface area (Å²) in [4.78, 5) is 0. The van der Waals surface area contributed by atoms with Crippen LogP contribution < -0.4 is 14.8 Å². The summed E-state index contributed by atoms with van der Waals surface area (Å²) in [5, 5.41) is 6.93. The molecule has 0 saturated heterocycles. The smallest absolute Gasteiger partial charge is 0.231 e. The molecule has 1 aromatic heterocycles. The molecule has 5 nitrogen and oxygen atoms in total. The average Bonchev–Trinajstić information content (AvgIpc) is 3.00. The monoisotopic (exact) mass is 310 g/mol. The van der Waals surface area contributed by atoms with Gasteiger partial charge in [-0.1, -0.05) is 21.1 Å². The quantitative estimate of drug-likeness (QED) is 0.940. The van der Waals surface area contributed by atoms with E-state index in [1.165, 1.54) is 0 Å². The maximum absolute atomic E-state index is 5.35. The van der Waals surface area contributed by atoms with E-state index in [0.717, 1.165) is 27.3 Å². The first-order valence-corrected chi connectivity index (χ1v) is 6.30. The van der Waals surface area contributed by atoms with Gasteiger partial charge in [0.05, 0.1) is 12.7 Å². The summed E-state index contributed by atoms with van der Waals surface area (Å²) in [6.45, 7) is 1.63. The zero-order chi connectivity index (χ0) is 12.4. The van der Waals surface area contributed by atoms with Crippen LogP contribution in [0, 0.1) is 0 Å². The second-order valence-electron chi connectivity index (χ2n) is 3.88. The van der Waals surface area contributed by atoms with Crippen molar-refractivity contribution in [2.24, 2.45) is 0 Å². The lowest BCUT2D eigenvalue weighted by Gasteiger charge is -2.07. The Labute approximate surface area is 112 Å². The van der Waals surface area contributed by atoms with Crippen molar-refractivity contribution in [3.8, 4) is 11.5 Å². The van der Waals surface area contributed by atoms with Crippen molar-refractivity contribution >= 4 is 15.9 Å². The zero-order valence-corrected chi connectivity index (χ0v) is 11.1. The highest BCUT2D eigenvalue weighted by atomic mass is 79.9. The maximum Gasteiger partial charge on any atom is 0.231 e. The molecule has 1 aromatic carbocycles. The molecule has 0 fully saturated rings. The molecule has 3 rings (SSSR count). The minimum absolute atomic E-state index is 0.288. The van der Waals surface area contributed by atoms with Crippen LogP contribution in [-0.2, 0) is 13.1 Å². The van der Waals surface area contributed by atoms with Crippen LogP contribution in [0.15, 0.2) is 33.4 Å². The summed E-state index contributed by atoms with van der Waals surface area (Å²) in [6.07, 6.45) is 1.63. The van der Waals surface area contributed by atoms with Crippen LogP contribution >= 0.6 is 15.9 Å². The van der Waals surface area contributed by atoms with Gasteiger partial charge in [0.25, 0.3) is 0 Å². The van der Waals surface area contributed by atoms with E-state index < -0.39 is 0 Å². The molecule has 1 aliphatic heterocycles. The average molecular weight is 311 g/mol. The van der Waals surface area contributed by atoms with E-state index in [-0.39, 0.29) is 6.79 Å². The van der Waals surface area contributed by atoms with Gasteiger partial charge < -0.3 is 19.3 Å². The topological polar surface area (TPSA) is 56.5 Å². The SMILES string of the molecule is Brc1cc2c(cc1CNCc1ccno1)OCO2. The number of aromatic nitrogens is 1. The minimum atomic E-state index is 0.288.